The van der Waals surface area contributed by atoms with Crippen molar-refractivity contribution in [3.63, 3.8) is 0 Å². The second-order valence-corrected chi connectivity index (χ2v) is 5.34. The number of carboxylic acid groups (broad SMARTS) is 1. The molecular formula is C14H27NO2. The van der Waals surface area contributed by atoms with E-state index < -0.39 is 5.97 Å². The van der Waals surface area contributed by atoms with Crippen LogP contribution in [-0.4, -0.2) is 34.6 Å². The first kappa shape index (κ1) is 14.5. The van der Waals surface area contributed by atoms with E-state index in [1.165, 1.54) is 19.3 Å². The molecule has 0 spiro atoms. The predicted molar refractivity (Wildman–Crippen MR) is 70.2 cm³/mol. The number of aliphatic carboxylic acids is 1. The molecule has 1 heterocycles. The van der Waals surface area contributed by atoms with E-state index in [0.717, 1.165) is 38.8 Å². The maximum atomic E-state index is 11.2. The summed E-state index contributed by atoms with van der Waals surface area (Å²) in [5, 5.41) is 9.21. The van der Waals surface area contributed by atoms with Crippen LogP contribution in [0.15, 0.2) is 0 Å². The minimum atomic E-state index is -0.641. The van der Waals surface area contributed by atoms with Crippen molar-refractivity contribution < 1.29 is 9.90 Å². The minimum Gasteiger partial charge on any atom is -0.481 e. The Balaban J connectivity index is 2.81. The van der Waals surface area contributed by atoms with Gasteiger partial charge in [0.15, 0.2) is 0 Å². The molecular weight excluding hydrogens is 214 g/mol. The summed E-state index contributed by atoms with van der Waals surface area (Å²) in [6.45, 7) is 6.51. The number of likely N-dealkylation sites (tertiary alicyclic amines) is 1. The van der Waals surface area contributed by atoms with Gasteiger partial charge in [-0.2, -0.15) is 0 Å². The average Bonchev–Trinajstić information content (AvgIpc) is 2.30. The molecule has 0 radical (unpaired) electrons. The zero-order valence-electron chi connectivity index (χ0n) is 11.4. The van der Waals surface area contributed by atoms with Gasteiger partial charge in [0.25, 0.3) is 0 Å². The van der Waals surface area contributed by atoms with E-state index in [9.17, 15) is 9.90 Å². The Kier molecular flexibility index (Phi) is 5.96. The number of carbonyl (C=O) groups is 1. The summed E-state index contributed by atoms with van der Waals surface area (Å²) in [6, 6.07) is 0. The Morgan fingerprint density at radius 2 is 1.65 bits per heavy atom. The highest BCUT2D eigenvalue weighted by molar-refractivity contribution is 5.68. The fourth-order valence-corrected chi connectivity index (χ4v) is 3.31. The van der Waals surface area contributed by atoms with Gasteiger partial charge in [0.1, 0.15) is 0 Å². The van der Waals surface area contributed by atoms with Crippen LogP contribution in [0.3, 0.4) is 0 Å². The fourth-order valence-electron chi connectivity index (χ4n) is 3.31. The second kappa shape index (κ2) is 7.00. The van der Waals surface area contributed by atoms with Crippen LogP contribution in [0.5, 0.6) is 0 Å². The van der Waals surface area contributed by atoms with Crippen LogP contribution in [0.25, 0.3) is 0 Å². The normalized spacial score (nSPS) is 18.2. The Hall–Kier alpha value is -0.570. The summed E-state index contributed by atoms with van der Waals surface area (Å²) in [7, 11) is 0. The van der Waals surface area contributed by atoms with Crippen LogP contribution in [0.4, 0.5) is 0 Å². The van der Waals surface area contributed by atoms with Crippen LogP contribution < -0.4 is 0 Å². The molecule has 17 heavy (non-hydrogen) atoms. The summed E-state index contributed by atoms with van der Waals surface area (Å²) in [4.78, 5) is 13.7. The lowest BCUT2D eigenvalue weighted by atomic mass is 9.82. The van der Waals surface area contributed by atoms with Crippen LogP contribution in [0, 0.1) is 0 Å². The lowest BCUT2D eigenvalue weighted by Gasteiger charge is -2.45. The van der Waals surface area contributed by atoms with Gasteiger partial charge in [-0.1, -0.05) is 33.1 Å². The molecule has 1 N–H and O–H groups in total. The Bertz CT molecular complexity index is 228. The summed E-state index contributed by atoms with van der Waals surface area (Å²) >= 11 is 0. The van der Waals surface area contributed by atoms with E-state index in [0.29, 0.717) is 6.42 Å². The van der Waals surface area contributed by atoms with E-state index >= 15 is 0 Å². The number of piperidine rings is 1. The molecule has 0 aromatic heterocycles. The van der Waals surface area contributed by atoms with E-state index in [4.69, 9.17) is 0 Å². The Morgan fingerprint density at radius 1 is 1.12 bits per heavy atom. The smallest absolute Gasteiger partial charge is 0.305 e. The number of hydrogen-bond acceptors (Lipinski definition) is 2. The van der Waals surface area contributed by atoms with Gasteiger partial charge < -0.3 is 5.11 Å². The average molecular weight is 241 g/mol. The van der Waals surface area contributed by atoms with Crippen molar-refractivity contribution in [2.24, 2.45) is 0 Å². The molecule has 0 aromatic carbocycles. The van der Waals surface area contributed by atoms with Gasteiger partial charge in [0, 0.05) is 5.54 Å². The van der Waals surface area contributed by atoms with Crippen molar-refractivity contribution in [1.82, 2.24) is 4.90 Å². The number of carboxylic acids is 1. The molecule has 3 heteroatoms. The Labute approximate surface area is 105 Å². The maximum Gasteiger partial charge on any atom is 0.305 e. The summed E-state index contributed by atoms with van der Waals surface area (Å²) in [5.41, 5.74) is -0.0737. The second-order valence-electron chi connectivity index (χ2n) is 5.34. The SMILES string of the molecule is CCCC(CCC)(CC(=O)O)N1CCCCC1. The van der Waals surface area contributed by atoms with Gasteiger partial charge in [-0.3, -0.25) is 9.69 Å². The highest BCUT2D eigenvalue weighted by Gasteiger charge is 2.37. The lowest BCUT2D eigenvalue weighted by molar-refractivity contribution is -0.141. The van der Waals surface area contributed by atoms with Gasteiger partial charge in [-0.05, 0) is 38.8 Å². The molecule has 1 fully saturated rings. The zero-order chi connectivity index (χ0) is 12.7. The number of hydrogen-bond donors (Lipinski definition) is 1. The standard InChI is InChI=1S/C14H27NO2/c1-3-8-14(9-4-2,12-13(16)17)15-10-6-5-7-11-15/h3-12H2,1-2H3,(H,16,17). The van der Waals surface area contributed by atoms with Gasteiger partial charge >= 0.3 is 5.97 Å². The quantitative estimate of drug-likeness (QED) is 0.743. The molecule has 3 nitrogen and oxygen atoms in total. The molecule has 0 saturated carbocycles. The first-order valence-corrected chi connectivity index (χ1v) is 7.11. The summed E-state index contributed by atoms with van der Waals surface area (Å²) < 4.78 is 0. The largest absolute Gasteiger partial charge is 0.481 e. The third-order valence-electron chi connectivity index (χ3n) is 3.94. The van der Waals surface area contributed by atoms with Crippen molar-refractivity contribution >= 4 is 5.97 Å². The zero-order valence-corrected chi connectivity index (χ0v) is 11.4. The molecule has 1 aliphatic heterocycles. The van der Waals surface area contributed by atoms with Gasteiger partial charge in [-0.25, -0.2) is 0 Å². The molecule has 0 unspecified atom stereocenters. The summed E-state index contributed by atoms with van der Waals surface area (Å²) in [6.07, 6.45) is 8.27. The van der Waals surface area contributed by atoms with Gasteiger partial charge in [0.05, 0.1) is 6.42 Å². The molecule has 1 saturated heterocycles. The van der Waals surface area contributed by atoms with Crippen LogP contribution in [0.1, 0.15) is 65.2 Å². The van der Waals surface area contributed by atoms with Crippen molar-refractivity contribution in [2.75, 3.05) is 13.1 Å². The molecule has 1 aliphatic rings. The molecule has 0 aliphatic carbocycles. The molecule has 0 atom stereocenters. The van der Waals surface area contributed by atoms with E-state index in [2.05, 4.69) is 18.7 Å². The molecule has 0 aromatic rings. The topological polar surface area (TPSA) is 40.5 Å². The van der Waals surface area contributed by atoms with E-state index in [-0.39, 0.29) is 5.54 Å². The fraction of sp³-hybridized carbons (Fsp3) is 0.929. The summed E-state index contributed by atoms with van der Waals surface area (Å²) in [5.74, 6) is -0.641. The third-order valence-corrected chi connectivity index (χ3v) is 3.94. The van der Waals surface area contributed by atoms with Crippen molar-refractivity contribution in [3.05, 3.63) is 0 Å². The van der Waals surface area contributed by atoms with Gasteiger partial charge in [-0.15, -0.1) is 0 Å². The highest BCUT2D eigenvalue weighted by atomic mass is 16.4. The number of rotatable bonds is 7. The van der Waals surface area contributed by atoms with E-state index in [1.54, 1.807) is 0 Å². The minimum absolute atomic E-state index is 0.0737. The monoisotopic (exact) mass is 241 g/mol. The number of nitrogens with zero attached hydrogens (tertiary/aromatic N) is 1. The van der Waals surface area contributed by atoms with Crippen LogP contribution >= 0.6 is 0 Å². The molecule has 1 rings (SSSR count). The molecule has 100 valence electrons. The lowest BCUT2D eigenvalue weighted by Crippen LogP contribution is -2.52. The maximum absolute atomic E-state index is 11.2. The van der Waals surface area contributed by atoms with Crippen molar-refractivity contribution in [3.8, 4) is 0 Å². The van der Waals surface area contributed by atoms with Crippen molar-refractivity contribution in [2.45, 2.75) is 70.8 Å². The Morgan fingerprint density at radius 3 is 2.06 bits per heavy atom. The molecule has 0 amide bonds. The van der Waals surface area contributed by atoms with Crippen LogP contribution in [0.2, 0.25) is 0 Å². The third kappa shape index (κ3) is 3.98. The first-order chi connectivity index (χ1) is 8.14. The predicted octanol–water partition coefficient (Wildman–Crippen LogP) is 3.29. The van der Waals surface area contributed by atoms with E-state index in [1.807, 2.05) is 0 Å². The first-order valence-electron chi connectivity index (χ1n) is 7.11. The molecule has 0 bridgehead atoms. The van der Waals surface area contributed by atoms with Gasteiger partial charge in [0.2, 0.25) is 0 Å². The highest BCUT2D eigenvalue weighted by Crippen LogP contribution is 2.33. The van der Waals surface area contributed by atoms with Crippen LogP contribution in [-0.2, 0) is 4.79 Å². The van der Waals surface area contributed by atoms with Crippen molar-refractivity contribution in [1.29, 1.82) is 0 Å².